The van der Waals surface area contributed by atoms with Crippen LogP contribution in [0.5, 0.6) is 5.75 Å². The second-order valence-electron chi connectivity index (χ2n) is 3.60. The van der Waals surface area contributed by atoms with Crippen molar-refractivity contribution < 1.29 is 14.2 Å². The van der Waals surface area contributed by atoms with Crippen LogP contribution in [0, 0.1) is 0 Å². The van der Waals surface area contributed by atoms with Gasteiger partial charge in [-0.25, -0.2) is 0 Å². The highest BCUT2D eigenvalue weighted by molar-refractivity contribution is 5.41. The zero-order chi connectivity index (χ0) is 13.8. The van der Waals surface area contributed by atoms with E-state index >= 15 is 0 Å². The summed E-state index contributed by atoms with van der Waals surface area (Å²) in [5.41, 5.74) is 14.3. The Morgan fingerprint density at radius 1 is 1.00 bits per heavy atom. The van der Waals surface area contributed by atoms with Gasteiger partial charge in [0.1, 0.15) is 12.4 Å². The molecule has 7 heteroatoms. The minimum absolute atomic E-state index is 0.344. The van der Waals surface area contributed by atoms with Gasteiger partial charge in [0.25, 0.3) is 0 Å². The molecule has 1 aromatic rings. The summed E-state index contributed by atoms with van der Waals surface area (Å²) in [5.74, 6) is 0.767. The van der Waals surface area contributed by atoms with Crippen molar-refractivity contribution in [2.24, 2.45) is 5.11 Å². The van der Waals surface area contributed by atoms with Crippen LogP contribution in [0.25, 0.3) is 10.4 Å². The van der Waals surface area contributed by atoms with E-state index in [0.29, 0.717) is 45.3 Å². The molecule has 0 unspecified atom stereocenters. The predicted molar refractivity (Wildman–Crippen MR) is 72.0 cm³/mol. The number of hydrogen-bond donors (Lipinski definition) is 1. The molecule has 0 saturated heterocycles. The van der Waals surface area contributed by atoms with Crippen molar-refractivity contribution in [1.29, 1.82) is 0 Å². The van der Waals surface area contributed by atoms with Crippen LogP contribution in [0.3, 0.4) is 0 Å². The largest absolute Gasteiger partial charge is 0.491 e. The number of azide groups is 1. The number of anilines is 1. The van der Waals surface area contributed by atoms with E-state index in [-0.39, 0.29) is 0 Å². The summed E-state index contributed by atoms with van der Waals surface area (Å²) in [4.78, 5) is 2.62. The lowest BCUT2D eigenvalue weighted by molar-refractivity contribution is 0.0388. The summed E-state index contributed by atoms with van der Waals surface area (Å²) in [7, 11) is 0. The van der Waals surface area contributed by atoms with Crippen molar-refractivity contribution in [2.45, 2.75) is 0 Å². The number of hydrogen-bond acceptors (Lipinski definition) is 5. The van der Waals surface area contributed by atoms with Crippen LogP contribution in [0.4, 0.5) is 5.69 Å². The molecule has 0 aliphatic rings. The molecule has 0 spiro atoms. The number of ether oxygens (including phenoxy) is 3. The first-order valence-corrected chi connectivity index (χ1v) is 5.97. The van der Waals surface area contributed by atoms with E-state index in [4.69, 9.17) is 25.5 Å². The Morgan fingerprint density at radius 3 is 2.32 bits per heavy atom. The minimum atomic E-state index is 0.344. The zero-order valence-corrected chi connectivity index (χ0v) is 10.7. The van der Waals surface area contributed by atoms with Gasteiger partial charge in [0.15, 0.2) is 0 Å². The van der Waals surface area contributed by atoms with Crippen LogP contribution in [0.1, 0.15) is 0 Å². The van der Waals surface area contributed by atoms with E-state index in [1.807, 2.05) is 12.1 Å². The normalized spacial score (nSPS) is 9.89. The van der Waals surface area contributed by atoms with Gasteiger partial charge in [0, 0.05) is 17.1 Å². The summed E-state index contributed by atoms with van der Waals surface area (Å²) in [6, 6.07) is 7.20. The highest BCUT2D eigenvalue weighted by Gasteiger charge is 1.94. The fourth-order valence-corrected chi connectivity index (χ4v) is 1.25. The molecule has 0 atom stereocenters. The maximum Gasteiger partial charge on any atom is 0.119 e. The fraction of sp³-hybridized carbons (Fsp3) is 0.500. The Balaban J connectivity index is 1.91. The SMILES string of the molecule is [N-]=[N+]=NCCOCCOCCOc1ccc(N)cc1. The molecule has 1 rings (SSSR count). The zero-order valence-electron chi connectivity index (χ0n) is 10.7. The molecular formula is C12H18N4O3. The third kappa shape index (κ3) is 7.88. The molecule has 1 aromatic carbocycles. The van der Waals surface area contributed by atoms with Crippen LogP contribution in [-0.2, 0) is 9.47 Å². The molecule has 0 saturated carbocycles. The van der Waals surface area contributed by atoms with Gasteiger partial charge in [-0.05, 0) is 29.8 Å². The van der Waals surface area contributed by atoms with E-state index in [9.17, 15) is 0 Å². The Kier molecular flexibility index (Phi) is 7.97. The standard InChI is InChI=1S/C12H18N4O3/c13-11-1-3-12(4-2-11)19-10-9-18-8-7-17-6-5-15-16-14/h1-4H,5-10,13H2. The minimum Gasteiger partial charge on any atom is -0.491 e. The third-order valence-electron chi connectivity index (χ3n) is 2.15. The molecule has 104 valence electrons. The average molecular weight is 266 g/mol. The van der Waals surface area contributed by atoms with Crippen molar-refractivity contribution >= 4 is 5.69 Å². The molecule has 2 N–H and O–H groups in total. The molecule has 0 aliphatic carbocycles. The molecule has 0 aliphatic heterocycles. The van der Waals surface area contributed by atoms with Gasteiger partial charge in [0.05, 0.1) is 26.4 Å². The van der Waals surface area contributed by atoms with Gasteiger partial charge in [-0.3, -0.25) is 0 Å². The van der Waals surface area contributed by atoms with Crippen molar-refractivity contribution in [3.8, 4) is 5.75 Å². The summed E-state index contributed by atoms with van der Waals surface area (Å²) in [6.07, 6.45) is 0. The summed E-state index contributed by atoms with van der Waals surface area (Å²) < 4.78 is 15.9. The summed E-state index contributed by atoms with van der Waals surface area (Å²) in [6.45, 7) is 2.68. The maximum absolute atomic E-state index is 8.03. The Hall–Kier alpha value is -1.95. The molecule has 0 radical (unpaired) electrons. The van der Waals surface area contributed by atoms with Gasteiger partial charge >= 0.3 is 0 Å². The van der Waals surface area contributed by atoms with Gasteiger partial charge < -0.3 is 19.9 Å². The van der Waals surface area contributed by atoms with E-state index in [0.717, 1.165) is 5.75 Å². The second-order valence-corrected chi connectivity index (χ2v) is 3.60. The van der Waals surface area contributed by atoms with Crippen molar-refractivity contribution in [1.82, 2.24) is 0 Å². The first-order chi connectivity index (χ1) is 9.33. The molecule has 0 fully saturated rings. The van der Waals surface area contributed by atoms with Gasteiger partial charge in [0.2, 0.25) is 0 Å². The third-order valence-corrected chi connectivity index (χ3v) is 2.15. The molecule has 19 heavy (non-hydrogen) atoms. The second kappa shape index (κ2) is 10.0. The lowest BCUT2D eigenvalue weighted by Gasteiger charge is -2.07. The topological polar surface area (TPSA) is 102 Å². The van der Waals surface area contributed by atoms with Gasteiger partial charge in [-0.2, -0.15) is 0 Å². The van der Waals surface area contributed by atoms with E-state index < -0.39 is 0 Å². The van der Waals surface area contributed by atoms with E-state index in [1.165, 1.54) is 0 Å². The molecule has 0 bridgehead atoms. The lowest BCUT2D eigenvalue weighted by Crippen LogP contribution is -2.11. The first kappa shape index (κ1) is 15.1. The van der Waals surface area contributed by atoms with Crippen molar-refractivity contribution in [3.63, 3.8) is 0 Å². The monoisotopic (exact) mass is 266 g/mol. The molecule has 7 nitrogen and oxygen atoms in total. The van der Waals surface area contributed by atoms with Crippen LogP contribution >= 0.6 is 0 Å². The van der Waals surface area contributed by atoms with Gasteiger partial charge in [-0.15, -0.1) is 0 Å². The Morgan fingerprint density at radius 2 is 1.63 bits per heavy atom. The van der Waals surface area contributed by atoms with Crippen LogP contribution in [0.15, 0.2) is 29.4 Å². The Bertz CT molecular complexity index is 390. The molecule has 0 amide bonds. The van der Waals surface area contributed by atoms with Crippen molar-refractivity contribution in [2.75, 3.05) is 45.3 Å². The van der Waals surface area contributed by atoms with Gasteiger partial charge in [-0.1, -0.05) is 5.11 Å². The summed E-state index contributed by atoms with van der Waals surface area (Å²) in [5, 5.41) is 3.34. The average Bonchev–Trinajstić information content (AvgIpc) is 2.43. The molecular weight excluding hydrogens is 248 g/mol. The highest BCUT2D eigenvalue weighted by atomic mass is 16.5. The number of benzene rings is 1. The number of nitrogen functional groups attached to an aromatic ring is 1. The maximum atomic E-state index is 8.03. The van der Waals surface area contributed by atoms with Crippen LogP contribution in [-0.4, -0.2) is 39.6 Å². The molecule has 0 heterocycles. The number of nitrogens with zero attached hydrogens (tertiary/aromatic N) is 3. The fourth-order valence-electron chi connectivity index (χ4n) is 1.25. The first-order valence-electron chi connectivity index (χ1n) is 5.97. The van der Waals surface area contributed by atoms with E-state index in [2.05, 4.69) is 10.0 Å². The summed E-state index contributed by atoms with van der Waals surface area (Å²) >= 11 is 0. The lowest BCUT2D eigenvalue weighted by atomic mass is 10.3. The van der Waals surface area contributed by atoms with Crippen molar-refractivity contribution in [3.05, 3.63) is 34.7 Å². The number of rotatable bonds is 10. The van der Waals surface area contributed by atoms with Crippen LogP contribution < -0.4 is 10.5 Å². The quantitative estimate of drug-likeness (QED) is 0.230. The highest BCUT2D eigenvalue weighted by Crippen LogP contribution is 2.12. The predicted octanol–water partition coefficient (Wildman–Crippen LogP) is 1.99. The smallest absolute Gasteiger partial charge is 0.119 e. The molecule has 0 aromatic heterocycles. The number of nitrogens with two attached hydrogens (primary N) is 1. The van der Waals surface area contributed by atoms with E-state index in [1.54, 1.807) is 12.1 Å². The Labute approximate surface area is 111 Å². The van der Waals surface area contributed by atoms with Crippen LogP contribution in [0.2, 0.25) is 0 Å².